The molecule has 0 amide bonds. The van der Waals surface area contributed by atoms with Crippen molar-refractivity contribution in [2.24, 2.45) is 0 Å². The van der Waals surface area contributed by atoms with Crippen LogP contribution < -0.4 is 4.74 Å². The van der Waals surface area contributed by atoms with Gasteiger partial charge in [0.05, 0.1) is 35.3 Å². The van der Waals surface area contributed by atoms with Gasteiger partial charge >= 0.3 is 5.97 Å². The molecule has 0 radical (unpaired) electrons. The Kier molecular flexibility index (Phi) is 5.51. The monoisotopic (exact) mass is 390 g/mol. The van der Waals surface area contributed by atoms with Crippen molar-refractivity contribution in [2.45, 2.75) is 4.90 Å². The minimum Gasteiger partial charge on any atom is -0.423 e. The van der Waals surface area contributed by atoms with E-state index in [2.05, 4.69) is 0 Å². The Morgan fingerprint density at radius 1 is 1.15 bits per heavy atom. The van der Waals surface area contributed by atoms with Crippen molar-refractivity contribution in [1.29, 1.82) is 5.26 Å². The highest BCUT2D eigenvalue weighted by atomic mass is 32.2. The number of carbonyl (C=O) groups is 1. The molecule has 9 heteroatoms. The number of halogens is 1. The number of rotatable bonds is 4. The van der Waals surface area contributed by atoms with Gasteiger partial charge in [-0.1, -0.05) is 0 Å². The van der Waals surface area contributed by atoms with Crippen molar-refractivity contribution in [3.8, 4) is 11.8 Å². The molecular weight excluding hydrogens is 375 g/mol. The molecule has 1 aliphatic heterocycles. The van der Waals surface area contributed by atoms with E-state index in [0.29, 0.717) is 5.56 Å². The van der Waals surface area contributed by atoms with E-state index in [0.717, 1.165) is 18.2 Å². The van der Waals surface area contributed by atoms with Gasteiger partial charge in [-0.15, -0.1) is 0 Å². The molecule has 0 N–H and O–H groups in total. The van der Waals surface area contributed by atoms with E-state index >= 15 is 0 Å². The van der Waals surface area contributed by atoms with Crippen molar-refractivity contribution >= 4 is 16.0 Å². The average molecular weight is 390 g/mol. The van der Waals surface area contributed by atoms with Crippen LogP contribution in [0.25, 0.3) is 0 Å². The van der Waals surface area contributed by atoms with Crippen LogP contribution in [0.1, 0.15) is 15.9 Å². The Morgan fingerprint density at radius 3 is 2.44 bits per heavy atom. The number of esters is 1. The maximum Gasteiger partial charge on any atom is 0.346 e. The van der Waals surface area contributed by atoms with Gasteiger partial charge in [0.25, 0.3) is 0 Å². The quantitative estimate of drug-likeness (QED) is 0.585. The Morgan fingerprint density at radius 2 is 1.81 bits per heavy atom. The zero-order chi connectivity index (χ0) is 19.4. The van der Waals surface area contributed by atoms with Gasteiger partial charge in [0.1, 0.15) is 11.6 Å². The van der Waals surface area contributed by atoms with E-state index in [4.69, 9.17) is 14.7 Å². The molecule has 0 bridgehead atoms. The third-order valence-electron chi connectivity index (χ3n) is 3.96. The fourth-order valence-electron chi connectivity index (χ4n) is 2.52. The standard InChI is InChI=1S/C18H15FN2O5S/c19-17-6-5-15(27(23,24)21-7-9-25-10-8-21)11-16(17)18(22)26-14-3-1-13(12-20)2-4-14/h1-6,11H,7-10H2. The maximum absolute atomic E-state index is 14.1. The van der Waals surface area contributed by atoms with Crippen LogP contribution in [0, 0.1) is 17.1 Å². The highest BCUT2D eigenvalue weighted by Crippen LogP contribution is 2.22. The predicted octanol–water partition coefficient (Wildman–Crippen LogP) is 1.94. The fraction of sp³-hybridized carbons (Fsp3) is 0.222. The summed E-state index contributed by atoms with van der Waals surface area (Å²) in [7, 11) is -3.87. The minimum absolute atomic E-state index is 0.111. The van der Waals surface area contributed by atoms with Crippen molar-refractivity contribution in [3.05, 3.63) is 59.4 Å². The summed E-state index contributed by atoms with van der Waals surface area (Å²) >= 11 is 0. The van der Waals surface area contributed by atoms with Crippen LogP contribution in [0.4, 0.5) is 4.39 Å². The first-order valence-electron chi connectivity index (χ1n) is 8.01. The number of carbonyl (C=O) groups excluding carboxylic acids is 1. The van der Waals surface area contributed by atoms with Crippen LogP contribution in [0.5, 0.6) is 5.75 Å². The normalized spacial score (nSPS) is 15.1. The molecule has 1 aliphatic rings. The lowest BCUT2D eigenvalue weighted by Gasteiger charge is -2.26. The minimum atomic E-state index is -3.87. The van der Waals surface area contributed by atoms with E-state index in [1.807, 2.05) is 6.07 Å². The molecule has 0 aromatic heterocycles. The van der Waals surface area contributed by atoms with Crippen LogP contribution in [-0.2, 0) is 14.8 Å². The number of nitriles is 1. The molecule has 0 unspecified atom stereocenters. The molecule has 1 heterocycles. The number of hydrogen-bond donors (Lipinski definition) is 0. The molecule has 3 rings (SSSR count). The van der Waals surface area contributed by atoms with E-state index < -0.39 is 27.4 Å². The molecule has 0 spiro atoms. The molecule has 2 aromatic carbocycles. The summed E-state index contributed by atoms with van der Waals surface area (Å²) in [5.41, 5.74) is -0.117. The van der Waals surface area contributed by atoms with Crippen molar-refractivity contribution < 1.29 is 27.1 Å². The average Bonchev–Trinajstić information content (AvgIpc) is 2.69. The third kappa shape index (κ3) is 4.14. The first-order chi connectivity index (χ1) is 12.9. The van der Waals surface area contributed by atoms with Gasteiger partial charge in [-0.05, 0) is 42.5 Å². The third-order valence-corrected chi connectivity index (χ3v) is 5.85. The van der Waals surface area contributed by atoms with Gasteiger partial charge < -0.3 is 9.47 Å². The van der Waals surface area contributed by atoms with Crippen LogP contribution in [0.15, 0.2) is 47.4 Å². The van der Waals surface area contributed by atoms with Crippen LogP contribution in [-0.4, -0.2) is 45.0 Å². The van der Waals surface area contributed by atoms with Crippen LogP contribution in [0.2, 0.25) is 0 Å². The number of nitrogens with zero attached hydrogens (tertiary/aromatic N) is 2. The Labute approximate surface area is 155 Å². The van der Waals surface area contributed by atoms with Crippen molar-refractivity contribution in [1.82, 2.24) is 4.31 Å². The fourth-order valence-corrected chi connectivity index (χ4v) is 3.95. The summed E-state index contributed by atoms with van der Waals surface area (Å²) in [6.45, 7) is 0.914. The van der Waals surface area contributed by atoms with E-state index in [1.165, 1.54) is 28.6 Å². The zero-order valence-corrected chi connectivity index (χ0v) is 14.9. The number of morpholine rings is 1. The molecule has 0 saturated carbocycles. The summed E-state index contributed by atoms with van der Waals surface area (Å²) in [5, 5.41) is 8.76. The number of hydrogen-bond acceptors (Lipinski definition) is 6. The van der Waals surface area contributed by atoms with Crippen LogP contribution >= 0.6 is 0 Å². The van der Waals surface area contributed by atoms with E-state index in [-0.39, 0.29) is 36.9 Å². The lowest BCUT2D eigenvalue weighted by atomic mass is 10.2. The SMILES string of the molecule is N#Cc1ccc(OC(=O)c2cc(S(=O)(=O)N3CCOCC3)ccc2F)cc1. The van der Waals surface area contributed by atoms with Gasteiger partial charge in [-0.3, -0.25) is 0 Å². The Balaban J connectivity index is 1.86. The van der Waals surface area contributed by atoms with Gasteiger partial charge in [0.15, 0.2) is 0 Å². The van der Waals surface area contributed by atoms with Gasteiger partial charge in [-0.2, -0.15) is 9.57 Å². The second kappa shape index (κ2) is 7.84. The topological polar surface area (TPSA) is 96.7 Å². The molecule has 1 saturated heterocycles. The first kappa shape index (κ1) is 19.0. The number of ether oxygens (including phenoxy) is 2. The highest BCUT2D eigenvalue weighted by molar-refractivity contribution is 7.89. The second-order valence-corrected chi connectivity index (χ2v) is 7.62. The summed E-state index contributed by atoms with van der Waals surface area (Å²) in [4.78, 5) is 12.1. The number of benzene rings is 2. The maximum atomic E-state index is 14.1. The predicted molar refractivity (Wildman–Crippen MR) is 92.1 cm³/mol. The molecular formula is C18H15FN2O5S. The summed E-state index contributed by atoms with van der Waals surface area (Å²) < 4.78 is 50.9. The summed E-state index contributed by atoms with van der Waals surface area (Å²) in [6, 6.07) is 10.6. The first-order valence-corrected chi connectivity index (χ1v) is 9.45. The van der Waals surface area contributed by atoms with Gasteiger partial charge in [-0.25, -0.2) is 17.6 Å². The summed E-state index contributed by atoms with van der Waals surface area (Å²) in [5.74, 6) is -1.81. The lowest BCUT2D eigenvalue weighted by molar-refractivity contribution is 0.0724. The summed E-state index contributed by atoms with van der Waals surface area (Å²) in [6.07, 6.45) is 0. The lowest BCUT2D eigenvalue weighted by Crippen LogP contribution is -2.40. The largest absolute Gasteiger partial charge is 0.423 e. The molecule has 140 valence electrons. The smallest absolute Gasteiger partial charge is 0.346 e. The molecule has 27 heavy (non-hydrogen) atoms. The Hall–Kier alpha value is -2.80. The molecule has 0 atom stereocenters. The van der Waals surface area contributed by atoms with Crippen molar-refractivity contribution in [2.75, 3.05) is 26.3 Å². The molecule has 1 fully saturated rings. The molecule has 0 aliphatic carbocycles. The molecule has 7 nitrogen and oxygen atoms in total. The molecule has 2 aromatic rings. The van der Waals surface area contributed by atoms with Crippen LogP contribution in [0.3, 0.4) is 0 Å². The van der Waals surface area contributed by atoms with E-state index in [9.17, 15) is 17.6 Å². The highest BCUT2D eigenvalue weighted by Gasteiger charge is 2.28. The van der Waals surface area contributed by atoms with Gasteiger partial charge in [0, 0.05) is 13.1 Å². The van der Waals surface area contributed by atoms with E-state index in [1.54, 1.807) is 0 Å². The Bertz CT molecular complexity index is 993. The van der Waals surface area contributed by atoms with Crippen molar-refractivity contribution in [3.63, 3.8) is 0 Å². The second-order valence-electron chi connectivity index (χ2n) is 5.68. The zero-order valence-electron chi connectivity index (χ0n) is 14.1. The van der Waals surface area contributed by atoms with Gasteiger partial charge in [0.2, 0.25) is 10.0 Å². The number of sulfonamides is 1.